The van der Waals surface area contributed by atoms with Crippen LogP contribution in [0.25, 0.3) is 0 Å². The van der Waals surface area contributed by atoms with E-state index in [1.807, 2.05) is 24.7 Å². The molecule has 0 radical (unpaired) electrons. The molecule has 1 fully saturated rings. The zero-order chi connectivity index (χ0) is 13.6. The van der Waals surface area contributed by atoms with Gasteiger partial charge in [-0.2, -0.15) is 0 Å². The molecule has 4 heteroatoms. The fourth-order valence-electron chi connectivity index (χ4n) is 2.62. The van der Waals surface area contributed by atoms with E-state index in [0.717, 1.165) is 25.5 Å². The summed E-state index contributed by atoms with van der Waals surface area (Å²) in [5.41, 5.74) is 1.30. The molecule has 1 N–H and O–H groups in total. The standard InChI is InChI=1S/C16H20N4/c1-2-8-18-16(3-1)20-11-6-15(7-12-20)19-13-14-4-9-17-10-5-14/h1-5,8-10,15,19H,6-7,11-13H2. The Hall–Kier alpha value is -1.94. The van der Waals surface area contributed by atoms with E-state index in [0.29, 0.717) is 6.04 Å². The molecular formula is C16H20N4. The smallest absolute Gasteiger partial charge is 0.128 e. The summed E-state index contributed by atoms with van der Waals surface area (Å²) in [5.74, 6) is 1.10. The van der Waals surface area contributed by atoms with Gasteiger partial charge in [-0.05, 0) is 42.7 Å². The number of piperidine rings is 1. The van der Waals surface area contributed by atoms with Crippen molar-refractivity contribution in [2.24, 2.45) is 0 Å². The van der Waals surface area contributed by atoms with Gasteiger partial charge in [-0.15, -0.1) is 0 Å². The Morgan fingerprint density at radius 2 is 1.85 bits per heavy atom. The van der Waals surface area contributed by atoms with E-state index in [1.165, 1.54) is 18.4 Å². The summed E-state index contributed by atoms with van der Waals surface area (Å²) < 4.78 is 0. The van der Waals surface area contributed by atoms with Gasteiger partial charge in [0, 0.05) is 44.3 Å². The molecule has 0 amide bonds. The highest BCUT2D eigenvalue weighted by atomic mass is 15.2. The molecule has 20 heavy (non-hydrogen) atoms. The highest BCUT2D eigenvalue weighted by Gasteiger charge is 2.19. The third kappa shape index (κ3) is 3.33. The second-order valence-corrected chi connectivity index (χ2v) is 5.19. The number of hydrogen-bond donors (Lipinski definition) is 1. The maximum atomic E-state index is 4.42. The van der Waals surface area contributed by atoms with Gasteiger partial charge < -0.3 is 10.2 Å². The third-order valence-electron chi connectivity index (χ3n) is 3.81. The molecule has 0 unspecified atom stereocenters. The van der Waals surface area contributed by atoms with Gasteiger partial charge in [0.2, 0.25) is 0 Å². The Bertz CT molecular complexity index is 507. The zero-order valence-corrected chi connectivity index (χ0v) is 11.6. The Balaban J connectivity index is 1.47. The lowest BCUT2D eigenvalue weighted by Gasteiger charge is -2.33. The first kappa shape index (κ1) is 13.1. The molecule has 0 aromatic carbocycles. The monoisotopic (exact) mass is 268 g/mol. The van der Waals surface area contributed by atoms with Crippen LogP contribution in [0.2, 0.25) is 0 Å². The number of rotatable bonds is 4. The Morgan fingerprint density at radius 1 is 1.05 bits per heavy atom. The van der Waals surface area contributed by atoms with Gasteiger partial charge in [0.05, 0.1) is 0 Å². The minimum Gasteiger partial charge on any atom is -0.357 e. The highest BCUT2D eigenvalue weighted by molar-refractivity contribution is 5.38. The first-order valence-corrected chi connectivity index (χ1v) is 7.20. The molecule has 0 bridgehead atoms. The lowest BCUT2D eigenvalue weighted by Crippen LogP contribution is -2.42. The molecule has 1 aliphatic rings. The average Bonchev–Trinajstić information content (AvgIpc) is 2.55. The summed E-state index contributed by atoms with van der Waals surface area (Å²) in [7, 11) is 0. The molecule has 0 atom stereocenters. The summed E-state index contributed by atoms with van der Waals surface area (Å²) in [6, 6.07) is 10.8. The van der Waals surface area contributed by atoms with E-state index in [2.05, 4.69) is 44.5 Å². The van der Waals surface area contributed by atoms with Crippen LogP contribution in [-0.2, 0) is 6.54 Å². The lowest BCUT2D eigenvalue weighted by molar-refractivity contribution is 0.412. The van der Waals surface area contributed by atoms with Crippen LogP contribution in [0.5, 0.6) is 0 Å². The van der Waals surface area contributed by atoms with Gasteiger partial charge in [0.15, 0.2) is 0 Å². The molecule has 0 saturated carbocycles. The van der Waals surface area contributed by atoms with Crippen molar-refractivity contribution in [3.63, 3.8) is 0 Å². The predicted octanol–water partition coefficient (Wildman–Crippen LogP) is 2.24. The Kier molecular flexibility index (Phi) is 4.23. The fourth-order valence-corrected chi connectivity index (χ4v) is 2.62. The Labute approximate surface area is 119 Å². The summed E-state index contributed by atoms with van der Waals surface area (Å²) >= 11 is 0. The molecular weight excluding hydrogens is 248 g/mol. The number of hydrogen-bond acceptors (Lipinski definition) is 4. The van der Waals surface area contributed by atoms with Crippen molar-refractivity contribution in [1.82, 2.24) is 15.3 Å². The van der Waals surface area contributed by atoms with Gasteiger partial charge in [0.1, 0.15) is 5.82 Å². The van der Waals surface area contributed by atoms with Crippen LogP contribution in [0.15, 0.2) is 48.9 Å². The molecule has 1 saturated heterocycles. The predicted molar refractivity (Wildman–Crippen MR) is 80.5 cm³/mol. The van der Waals surface area contributed by atoms with Crippen molar-refractivity contribution in [2.75, 3.05) is 18.0 Å². The minimum absolute atomic E-state index is 0.600. The third-order valence-corrected chi connectivity index (χ3v) is 3.81. The molecule has 1 aliphatic heterocycles. The van der Waals surface area contributed by atoms with Gasteiger partial charge in [-0.1, -0.05) is 6.07 Å². The van der Waals surface area contributed by atoms with Gasteiger partial charge in [-0.3, -0.25) is 4.98 Å². The number of nitrogens with zero attached hydrogens (tertiary/aromatic N) is 3. The second-order valence-electron chi connectivity index (χ2n) is 5.19. The van der Waals surface area contributed by atoms with Crippen molar-refractivity contribution >= 4 is 5.82 Å². The first-order chi connectivity index (χ1) is 9.92. The molecule has 2 aromatic heterocycles. The molecule has 4 nitrogen and oxygen atoms in total. The number of nitrogens with one attached hydrogen (secondary N) is 1. The zero-order valence-electron chi connectivity index (χ0n) is 11.6. The van der Waals surface area contributed by atoms with E-state index in [9.17, 15) is 0 Å². The minimum atomic E-state index is 0.600. The second kappa shape index (κ2) is 6.48. The SMILES string of the molecule is c1ccc(N2CCC(NCc3ccncc3)CC2)nc1. The van der Waals surface area contributed by atoms with E-state index in [-0.39, 0.29) is 0 Å². The van der Waals surface area contributed by atoms with Gasteiger partial charge in [-0.25, -0.2) is 4.98 Å². The topological polar surface area (TPSA) is 41.0 Å². The summed E-state index contributed by atoms with van der Waals surface area (Å²) in [5, 5.41) is 3.64. The Morgan fingerprint density at radius 3 is 2.55 bits per heavy atom. The van der Waals surface area contributed by atoms with Crippen LogP contribution in [0.3, 0.4) is 0 Å². The first-order valence-electron chi connectivity index (χ1n) is 7.20. The van der Waals surface area contributed by atoms with Crippen LogP contribution in [-0.4, -0.2) is 29.1 Å². The van der Waals surface area contributed by atoms with Gasteiger partial charge >= 0.3 is 0 Å². The average molecular weight is 268 g/mol. The number of anilines is 1. The summed E-state index contributed by atoms with van der Waals surface area (Å²) in [4.78, 5) is 10.8. The quantitative estimate of drug-likeness (QED) is 0.923. The van der Waals surface area contributed by atoms with Crippen molar-refractivity contribution in [2.45, 2.75) is 25.4 Å². The summed E-state index contributed by atoms with van der Waals surface area (Å²) in [6.45, 7) is 3.08. The van der Waals surface area contributed by atoms with Crippen LogP contribution in [0.1, 0.15) is 18.4 Å². The normalized spacial score (nSPS) is 16.3. The highest BCUT2D eigenvalue weighted by Crippen LogP contribution is 2.17. The van der Waals surface area contributed by atoms with Crippen LogP contribution in [0.4, 0.5) is 5.82 Å². The molecule has 104 valence electrons. The van der Waals surface area contributed by atoms with Crippen molar-refractivity contribution < 1.29 is 0 Å². The molecule has 0 aliphatic carbocycles. The molecule has 0 spiro atoms. The maximum absolute atomic E-state index is 4.42. The van der Waals surface area contributed by atoms with Crippen LogP contribution >= 0.6 is 0 Å². The van der Waals surface area contributed by atoms with E-state index in [1.54, 1.807) is 0 Å². The fraction of sp³-hybridized carbons (Fsp3) is 0.375. The van der Waals surface area contributed by atoms with E-state index >= 15 is 0 Å². The van der Waals surface area contributed by atoms with E-state index in [4.69, 9.17) is 0 Å². The summed E-state index contributed by atoms with van der Waals surface area (Å²) in [6.07, 6.45) is 7.90. The van der Waals surface area contributed by atoms with Gasteiger partial charge in [0.25, 0.3) is 0 Å². The lowest BCUT2D eigenvalue weighted by atomic mass is 10.0. The number of aromatic nitrogens is 2. The van der Waals surface area contributed by atoms with Crippen molar-refractivity contribution in [3.8, 4) is 0 Å². The largest absolute Gasteiger partial charge is 0.357 e. The van der Waals surface area contributed by atoms with E-state index < -0.39 is 0 Å². The number of pyridine rings is 2. The molecule has 3 rings (SSSR count). The molecule has 3 heterocycles. The molecule has 2 aromatic rings. The van der Waals surface area contributed by atoms with Crippen LogP contribution in [0, 0.1) is 0 Å². The van der Waals surface area contributed by atoms with Crippen LogP contribution < -0.4 is 10.2 Å². The van der Waals surface area contributed by atoms with Crippen molar-refractivity contribution in [1.29, 1.82) is 0 Å². The van der Waals surface area contributed by atoms with Crippen molar-refractivity contribution in [3.05, 3.63) is 54.5 Å². The maximum Gasteiger partial charge on any atom is 0.128 e.